The van der Waals surface area contributed by atoms with Gasteiger partial charge in [-0.25, -0.2) is 10.3 Å². The molecule has 1 aromatic carbocycles. The second-order valence-corrected chi connectivity index (χ2v) is 2.87. The van der Waals surface area contributed by atoms with Crippen molar-refractivity contribution in [3.05, 3.63) is 34.9 Å². The lowest BCUT2D eigenvalue weighted by Crippen LogP contribution is -2.24. The number of hydrogen-bond acceptors (Lipinski definition) is 3. The number of ether oxygens (including phenoxy) is 1. The van der Waals surface area contributed by atoms with Crippen LogP contribution in [-0.2, 0) is 9.57 Å². The molecule has 0 aliphatic heterocycles. The molecule has 1 amide bonds. The molecule has 1 rings (SSSR count). The van der Waals surface area contributed by atoms with Gasteiger partial charge in [0.25, 0.3) is 5.91 Å². The predicted molar refractivity (Wildman–Crippen MR) is 51.9 cm³/mol. The van der Waals surface area contributed by atoms with Crippen LogP contribution in [0.1, 0.15) is 10.4 Å². The largest absolute Gasteiger partial charge is 0.356 e. The molecule has 5 heteroatoms. The number of methoxy groups -OCH3 is 1. The van der Waals surface area contributed by atoms with Gasteiger partial charge in [-0.15, -0.1) is 0 Å². The van der Waals surface area contributed by atoms with E-state index < -0.39 is 5.91 Å². The van der Waals surface area contributed by atoms with Crippen LogP contribution in [0.5, 0.6) is 0 Å². The summed E-state index contributed by atoms with van der Waals surface area (Å²) in [5, 5.41) is 0.381. The van der Waals surface area contributed by atoms with Crippen LogP contribution < -0.4 is 5.48 Å². The molecule has 0 saturated heterocycles. The third-order valence-electron chi connectivity index (χ3n) is 1.46. The smallest absolute Gasteiger partial charge is 0.276 e. The van der Waals surface area contributed by atoms with Crippen LogP contribution in [0.2, 0.25) is 5.02 Å². The van der Waals surface area contributed by atoms with E-state index in [0.29, 0.717) is 10.6 Å². The summed E-state index contributed by atoms with van der Waals surface area (Å²) < 4.78 is 4.59. The molecular weight excluding hydrogens is 206 g/mol. The quantitative estimate of drug-likeness (QED) is 0.472. The fourth-order valence-corrected chi connectivity index (χ4v) is 1.08. The highest BCUT2D eigenvalue weighted by molar-refractivity contribution is 6.33. The maximum absolute atomic E-state index is 11.4. The number of benzene rings is 1. The Labute approximate surface area is 86.7 Å². The van der Waals surface area contributed by atoms with Crippen LogP contribution >= 0.6 is 11.6 Å². The fraction of sp³-hybridized carbons (Fsp3) is 0.222. The number of hydrogen-bond donors (Lipinski definition) is 1. The summed E-state index contributed by atoms with van der Waals surface area (Å²) in [6.07, 6.45) is 0. The van der Waals surface area contributed by atoms with E-state index >= 15 is 0 Å². The minimum absolute atomic E-state index is 0.00378. The van der Waals surface area contributed by atoms with Gasteiger partial charge in [-0.2, -0.15) is 0 Å². The van der Waals surface area contributed by atoms with E-state index in [1.54, 1.807) is 24.3 Å². The minimum atomic E-state index is -0.396. The second-order valence-electron chi connectivity index (χ2n) is 2.46. The molecule has 0 aliphatic rings. The fourth-order valence-electron chi connectivity index (χ4n) is 0.854. The van der Waals surface area contributed by atoms with Crippen molar-refractivity contribution in [2.24, 2.45) is 0 Å². The maximum atomic E-state index is 11.4. The van der Waals surface area contributed by atoms with Gasteiger partial charge in [0.05, 0.1) is 10.6 Å². The Bertz CT molecular complexity index is 317. The lowest BCUT2D eigenvalue weighted by atomic mass is 10.2. The van der Waals surface area contributed by atoms with Crippen LogP contribution in [0.4, 0.5) is 0 Å². The molecule has 1 aromatic rings. The molecule has 0 atom stereocenters. The van der Waals surface area contributed by atoms with E-state index in [0.717, 1.165) is 0 Å². The van der Waals surface area contributed by atoms with E-state index in [4.69, 9.17) is 11.6 Å². The van der Waals surface area contributed by atoms with Gasteiger partial charge < -0.3 is 4.74 Å². The molecule has 0 bridgehead atoms. The van der Waals surface area contributed by atoms with Crippen molar-refractivity contribution < 1.29 is 14.4 Å². The van der Waals surface area contributed by atoms with Gasteiger partial charge >= 0.3 is 0 Å². The topological polar surface area (TPSA) is 47.6 Å². The Morgan fingerprint density at radius 1 is 1.50 bits per heavy atom. The van der Waals surface area contributed by atoms with Gasteiger partial charge in [0, 0.05) is 7.11 Å². The number of hydroxylamine groups is 1. The molecular formula is C9H10ClNO3. The van der Waals surface area contributed by atoms with Crippen molar-refractivity contribution in [3.8, 4) is 0 Å². The molecule has 0 radical (unpaired) electrons. The van der Waals surface area contributed by atoms with Crippen molar-refractivity contribution in [2.45, 2.75) is 0 Å². The molecule has 0 saturated carbocycles. The van der Waals surface area contributed by atoms with E-state index in [9.17, 15) is 4.79 Å². The van der Waals surface area contributed by atoms with Gasteiger partial charge in [-0.05, 0) is 12.1 Å². The molecule has 4 nitrogen and oxygen atoms in total. The molecule has 0 spiro atoms. The molecule has 1 N–H and O–H groups in total. The van der Waals surface area contributed by atoms with E-state index in [1.165, 1.54) is 7.11 Å². The van der Waals surface area contributed by atoms with Crippen LogP contribution in [0.25, 0.3) is 0 Å². The standard InChI is InChI=1S/C9H10ClNO3/c1-13-6-14-11-9(12)7-4-2-3-5-8(7)10/h2-5H,6H2,1H3,(H,11,12). The highest BCUT2D eigenvalue weighted by Crippen LogP contribution is 2.14. The van der Waals surface area contributed by atoms with Gasteiger partial charge in [0.2, 0.25) is 0 Å². The van der Waals surface area contributed by atoms with Crippen LogP contribution in [-0.4, -0.2) is 19.8 Å². The first-order valence-corrected chi connectivity index (χ1v) is 4.29. The number of halogens is 1. The molecule has 0 aliphatic carbocycles. The summed E-state index contributed by atoms with van der Waals surface area (Å²) in [5.74, 6) is -0.396. The van der Waals surface area contributed by atoms with Gasteiger partial charge in [0.1, 0.15) is 0 Å². The second kappa shape index (κ2) is 5.59. The zero-order valence-corrected chi connectivity index (χ0v) is 8.38. The van der Waals surface area contributed by atoms with Crippen molar-refractivity contribution in [1.82, 2.24) is 5.48 Å². The molecule has 14 heavy (non-hydrogen) atoms. The van der Waals surface area contributed by atoms with Crippen LogP contribution in [0.15, 0.2) is 24.3 Å². The molecule has 0 fully saturated rings. The Morgan fingerprint density at radius 3 is 2.86 bits per heavy atom. The normalized spacial score (nSPS) is 9.86. The summed E-state index contributed by atoms with van der Waals surface area (Å²) in [5.41, 5.74) is 2.56. The molecule has 76 valence electrons. The summed E-state index contributed by atoms with van der Waals surface area (Å²) in [6.45, 7) is -0.00378. The Kier molecular flexibility index (Phi) is 4.39. The zero-order chi connectivity index (χ0) is 10.4. The first-order valence-electron chi connectivity index (χ1n) is 3.91. The molecule has 0 aromatic heterocycles. The van der Waals surface area contributed by atoms with Gasteiger partial charge in [-0.3, -0.25) is 4.79 Å². The van der Waals surface area contributed by atoms with Crippen molar-refractivity contribution in [2.75, 3.05) is 13.9 Å². The van der Waals surface area contributed by atoms with E-state index in [-0.39, 0.29) is 6.79 Å². The lowest BCUT2D eigenvalue weighted by molar-refractivity contribution is -0.0704. The van der Waals surface area contributed by atoms with Gasteiger partial charge in [-0.1, -0.05) is 23.7 Å². The highest BCUT2D eigenvalue weighted by Gasteiger charge is 2.08. The number of amides is 1. The third kappa shape index (κ3) is 2.99. The molecule has 0 unspecified atom stereocenters. The number of rotatable bonds is 4. The first kappa shape index (κ1) is 11.0. The van der Waals surface area contributed by atoms with Crippen LogP contribution in [0, 0.1) is 0 Å². The van der Waals surface area contributed by atoms with Gasteiger partial charge in [0.15, 0.2) is 6.79 Å². The average molecular weight is 216 g/mol. The Balaban J connectivity index is 2.56. The summed E-state index contributed by atoms with van der Waals surface area (Å²) in [7, 11) is 1.46. The maximum Gasteiger partial charge on any atom is 0.276 e. The highest BCUT2D eigenvalue weighted by atomic mass is 35.5. The zero-order valence-electron chi connectivity index (χ0n) is 7.62. The lowest BCUT2D eigenvalue weighted by Gasteiger charge is -2.05. The van der Waals surface area contributed by atoms with Crippen molar-refractivity contribution >= 4 is 17.5 Å². The third-order valence-corrected chi connectivity index (χ3v) is 1.79. The summed E-state index contributed by atoms with van der Waals surface area (Å²) >= 11 is 5.78. The van der Waals surface area contributed by atoms with E-state index in [2.05, 4.69) is 15.1 Å². The van der Waals surface area contributed by atoms with E-state index in [1.807, 2.05) is 0 Å². The minimum Gasteiger partial charge on any atom is -0.356 e. The average Bonchev–Trinajstić information content (AvgIpc) is 2.18. The number of nitrogens with one attached hydrogen (secondary N) is 1. The summed E-state index contributed by atoms with van der Waals surface area (Å²) in [6, 6.07) is 6.70. The Hall–Kier alpha value is -1.10. The van der Waals surface area contributed by atoms with Crippen molar-refractivity contribution in [3.63, 3.8) is 0 Å². The van der Waals surface area contributed by atoms with Crippen LogP contribution in [0.3, 0.4) is 0 Å². The van der Waals surface area contributed by atoms with Crippen molar-refractivity contribution in [1.29, 1.82) is 0 Å². The Morgan fingerprint density at radius 2 is 2.21 bits per heavy atom. The number of carbonyl (C=O) groups excluding carboxylic acids is 1. The summed E-state index contributed by atoms with van der Waals surface area (Å²) in [4.78, 5) is 16.0. The SMILES string of the molecule is COCONC(=O)c1ccccc1Cl. The predicted octanol–water partition coefficient (Wildman–Crippen LogP) is 1.61. The number of carbonyl (C=O) groups is 1. The molecule has 0 heterocycles. The monoisotopic (exact) mass is 215 g/mol. The first-order chi connectivity index (χ1) is 6.75.